The third kappa shape index (κ3) is 7.00. The minimum absolute atomic E-state index is 0.0321. The second-order valence-corrected chi connectivity index (χ2v) is 11.3. The molecule has 3 aromatic rings. The van der Waals surface area contributed by atoms with Crippen LogP contribution in [0.1, 0.15) is 41.0 Å². The minimum Gasteiger partial charge on any atom is -0.484 e. The van der Waals surface area contributed by atoms with Crippen LogP contribution in [0, 0.1) is 0 Å². The number of likely N-dealkylation sites (N-methyl/N-ethyl adjacent to an activating group) is 1. The van der Waals surface area contributed by atoms with Crippen LogP contribution in [0.25, 0.3) is 0 Å². The van der Waals surface area contributed by atoms with Crippen LogP contribution in [0.3, 0.4) is 0 Å². The van der Waals surface area contributed by atoms with Crippen molar-refractivity contribution in [2.75, 3.05) is 26.7 Å². The molecule has 1 aromatic carbocycles. The lowest BCUT2D eigenvalue weighted by Gasteiger charge is -2.35. The summed E-state index contributed by atoms with van der Waals surface area (Å²) < 4.78 is 11.3. The first-order valence-corrected chi connectivity index (χ1v) is 14.5. The fourth-order valence-corrected chi connectivity index (χ4v) is 6.29. The monoisotopic (exact) mass is 558 g/mol. The van der Waals surface area contributed by atoms with E-state index >= 15 is 0 Å². The number of nitrogens with one attached hydrogen (secondary N) is 1. The largest absolute Gasteiger partial charge is 0.484 e. The molecule has 38 heavy (non-hydrogen) atoms. The maximum absolute atomic E-state index is 13.2. The summed E-state index contributed by atoms with van der Waals surface area (Å²) in [5, 5.41) is 27.1. The lowest BCUT2D eigenvalue weighted by atomic mass is 9.91. The molecule has 4 rings (SSSR count). The average Bonchev–Trinajstić information content (AvgIpc) is 3.68. The molecule has 1 saturated carbocycles. The van der Waals surface area contributed by atoms with Crippen molar-refractivity contribution in [2.45, 2.75) is 50.0 Å². The van der Waals surface area contributed by atoms with Gasteiger partial charge < -0.3 is 29.9 Å². The van der Waals surface area contributed by atoms with Gasteiger partial charge in [-0.2, -0.15) is 0 Å². The lowest BCUT2D eigenvalue weighted by Crippen LogP contribution is -2.43. The molecule has 3 N–H and O–H groups in total. The van der Waals surface area contributed by atoms with E-state index in [4.69, 9.17) is 14.6 Å². The number of amides is 1. The average molecular weight is 559 g/mol. The number of hydrogen-bond acceptors (Lipinski definition) is 9. The number of aliphatic hydroxyl groups excluding tert-OH is 1. The van der Waals surface area contributed by atoms with E-state index in [-0.39, 0.29) is 25.2 Å². The molecule has 2 aromatic heterocycles. The Bertz CT molecular complexity index is 1110. The van der Waals surface area contributed by atoms with E-state index in [0.29, 0.717) is 34.6 Å². The van der Waals surface area contributed by atoms with Crippen LogP contribution < -0.4 is 10.1 Å². The smallest absolute Gasteiger partial charge is 0.349 e. The number of hydrogen-bond donors (Lipinski definition) is 3. The number of thiophene rings is 2. The molecular formula is C28H34N2O6S2. The molecular weight excluding hydrogens is 524 g/mol. The second-order valence-electron chi connectivity index (χ2n) is 9.42. The fraction of sp³-hybridized carbons (Fsp3) is 0.429. The number of aliphatic hydroxyl groups is 2. The van der Waals surface area contributed by atoms with Gasteiger partial charge >= 0.3 is 5.97 Å². The Morgan fingerprint density at radius 3 is 2.21 bits per heavy atom. The summed E-state index contributed by atoms with van der Waals surface area (Å²) in [5.41, 5.74) is -0.990. The normalized spacial score (nSPS) is 17.8. The molecule has 10 heteroatoms. The van der Waals surface area contributed by atoms with Crippen molar-refractivity contribution in [1.29, 1.82) is 0 Å². The Morgan fingerprint density at radius 2 is 1.66 bits per heavy atom. The number of carbonyl (C=O) groups excluding carboxylic acids is 2. The van der Waals surface area contributed by atoms with E-state index in [0.717, 1.165) is 31.2 Å². The van der Waals surface area contributed by atoms with E-state index in [2.05, 4.69) is 10.2 Å². The molecule has 0 aliphatic heterocycles. The molecule has 2 heterocycles. The third-order valence-electron chi connectivity index (χ3n) is 6.85. The van der Waals surface area contributed by atoms with Crippen molar-refractivity contribution in [3.8, 4) is 5.75 Å². The number of esters is 1. The molecule has 0 atom stereocenters. The van der Waals surface area contributed by atoms with Gasteiger partial charge in [0.1, 0.15) is 11.9 Å². The first kappa shape index (κ1) is 28.3. The van der Waals surface area contributed by atoms with Crippen molar-refractivity contribution in [2.24, 2.45) is 0 Å². The minimum atomic E-state index is -1.78. The van der Waals surface area contributed by atoms with Gasteiger partial charge in [-0.15, -0.1) is 22.7 Å². The number of ether oxygens (including phenoxy) is 2. The van der Waals surface area contributed by atoms with Gasteiger partial charge in [-0.25, -0.2) is 4.79 Å². The predicted molar refractivity (Wildman–Crippen MR) is 147 cm³/mol. The predicted octanol–water partition coefficient (Wildman–Crippen LogP) is 3.52. The topological polar surface area (TPSA) is 108 Å². The van der Waals surface area contributed by atoms with E-state index in [1.165, 1.54) is 22.7 Å². The molecule has 8 nitrogen and oxygen atoms in total. The highest BCUT2D eigenvalue weighted by atomic mass is 32.1. The molecule has 1 amide bonds. The summed E-state index contributed by atoms with van der Waals surface area (Å²) in [6, 6.07) is 14.5. The summed E-state index contributed by atoms with van der Waals surface area (Å²) in [7, 11) is 2.04. The molecule has 1 fully saturated rings. The van der Waals surface area contributed by atoms with Crippen molar-refractivity contribution in [1.82, 2.24) is 10.2 Å². The van der Waals surface area contributed by atoms with Gasteiger partial charge in [0.2, 0.25) is 5.60 Å². The SMILES string of the molecule is CN(CCNC(=O)COc1ccc(CO)cc1)C1CCC(OC(=O)C(O)(c2cccs2)c2cccs2)CC1. The maximum Gasteiger partial charge on any atom is 0.349 e. The van der Waals surface area contributed by atoms with Gasteiger partial charge in [0.05, 0.1) is 16.4 Å². The van der Waals surface area contributed by atoms with Crippen LogP contribution >= 0.6 is 22.7 Å². The standard InChI is InChI=1S/C28H34N2O6S2/c1-30(15-14-29-26(32)19-35-22-10-6-20(18-31)7-11-22)21-8-12-23(13-9-21)36-27(33)28(34,24-4-2-16-37-24)25-5-3-17-38-25/h2-7,10-11,16-17,21,23,31,34H,8-9,12-15,18-19H2,1H3,(H,29,32). The van der Waals surface area contributed by atoms with Crippen molar-refractivity contribution in [3.63, 3.8) is 0 Å². The van der Waals surface area contributed by atoms with Gasteiger partial charge in [0.25, 0.3) is 5.91 Å². The summed E-state index contributed by atoms with van der Waals surface area (Å²) in [6.07, 6.45) is 2.95. The highest BCUT2D eigenvalue weighted by Gasteiger charge is 2.45. The van der Waals surface area contributed by atoms with Gasteiger partial charge in [0.15, 0.2) is 6.61 Å². The molecule has 0 bridgehead atoms. The van der Waals surface area contributed by atoms with Crippen LogP contribution in [-0.2, 0) is 26.5 Å². The third-order valence-corrected chi connectivity index (χ3v) is 8.81. The van der Waals surface area contributed by atoms with Crippen LogP contribution in [0.5, 0.6) is 5.75 Å². The summed E-state index contributed by atoms with van der Waals surface area (Å²) >= 11 is 2.68. The first-order chi connectivity index (χ1) is 18.4. The molecule has 1 aliphatic rings. The molecule has 0 radical (unpaired) electrons. The Labute approximate surface area is 230 Å². The van der Waals surface area contributed by atoms with Crippen LogP contribution in [0.2, 0.25) is 0 Å². The molecule has 0 spiro atoms. The maximum atomic E-state index is 13.2. The number of rotatable bonds is 12. The molecule has 0 saturated heterocycles. The van der Waals surface area contributed by atoms with Crippen molar-refractivity contribution < 1.29 is 29.3 Å². The zero-order valence-electron chi connectivity index (χ0n) is 21.4. The Balaban J connectivity index is 1.18. The van der Waals surface area contributed by atoms with Crippen molar-refractivity contribution >= 4 is 34.6 Å². The van der Waals surface area contributed by atoms with E-state index in [1.807, 2.05) is 29.9 Å². The summed E-state index contributed by atoms with van der Waals surface area (Å²) in [5.74, 6) is -0.228. The first-order valence-electron chi connectivity index (χ1n) is 12.7. The quantitative estimate of drug-likeness (QED) is 0.292. The summed E-state index contributed by atoms with van der Waals surface area (Å²) in [4.78, 5) is 28.7. The second kappa shape index (κ2) is 13.3. The van der Waals surface area contributed by atoms with Crippen molar-refractivity contribution in [3.05, 3.63) is 74.6 Å². The highest BCUT2D eigenvalue weighted by Crippen LogP contribution is 2.38. The van der Waals surface area contributed by atoms with Crippen LogP contribution in [-0.4, -0.2) is 65.9 Å². The van der Waals surface area contributed by atoms with Gasteiger partial charge in [0, 0.05) is 19.1 Å². The van der Waals surface area contributed by atoms with E-state index in [1.54, 1.807) is 36.4 Å². The fourth-order valence-electron chi connectivity index (χ4n) is 4.58. The van der Waals surface area contributed by atoms with Gasteiger partial charge in [-0.1, -0.05) is 24.3 Å². The van der Waals surface area contributed by atoms with Gasteiger partial charge in [-0.05, 0) is 73.3 Å². The van der Waals surface area contributed by atoms with Gasteiger partial charge in [-0.3, -0.25) is 4.79 Å². The zero-order valence-corrected chi connectivity index (χ0v) is 23.0. The van der Waals surface area contributed by atoms with Crippen LogP contribution in [0.15, 0.2) is 59.3 Å². The van der Waals surface area contributed by atoms with E-state index < -0.39 is 11.6 Å². The van der Waals surface area contributed by atoms with E-state index in [9.17, 15) is 14.7 Å². The number of carbonyl (C=O) groups is 2. The number of benzene rings is 1. The Morgan fingerprint density at radius 1 is 1.03 bits per heavy atom. The lowest BCUT2D eigenvalue weighted by molar-refractivity contribution is -0.169. The number of nitrogens with zero attached hydrogens (tertiary/aromatic N) is 1. The molecule has 204 valence electrons. The zero-order chi connectivity index (χ0) is 27.0. The Hall–Kier alpha value is -2.76. The summed E-state index contributed by atoms with van der Waals surface area (Å²) in [6.45, 7) is 1.10. The highest BCUT2D eigenvalue weighted by molar-refractivity contribution is 7.12. The Kier molecular flexibility index (Phi) is 9.92. The molecule has 0 unspecified atom stereocenters. The van der Waals surface area contributed by atoms with Crippen LogP contribution in [0.4, 0.5) is 0 Å². The molecule has 1 aliphatic carbocycles.